The maximum absolute atomic E-state index is 12.7. The van der Waals surface area contributed by atoms with Crippen LogP contribution in [0.5, 0.6) is 5.75 Å². The highest BCUT2D eigenvalue weighted by Gasteiger charge is 2.47. The fourth-order valence-electron chi connectivity index (χ4n) is 3.75. The molecule has 25 heavy (non-hydrogen) atoms. The molecule has 1 aromatic heterocycles. The van der Waals surface area contributed by atoms with Crippen LogP contribution in [0.2, 0.25) is 0 Å². The first-order valence-corrected chi connectivity index (χ1v) is 8.70. The molecule has 4 rings (SSSR count). The van der Waals surface area contributed by atoms with Crippen LogP contribution >= 0.6 is 0 Å². The third kappa shape index (κ3) is 3.37. The van der Waals surface area contributed by atoms with Crippen LogP contribution in [0, 0.1) is 6.92 Å². The minimum absolute atomic E-state index is 0.0122. The van der Waals surface area contributed by atoms with Gasteiger partial charge in [0.1, 0.15) is 11.9 Å². The van der Waals surface area contributed by atoms with Gasteiger partial charge in [0.25, 0.3) is 5.91 Å². The molecule has 5 nitrogen and oxygen atoms in total. The number of carbonyl (C=O) groups excluding carboxylic acids is 1. The topological polar surface area (TPSA) is 51.7 Å². The molecule has 1 aromatic carbocycles. The first-order valence-electron chi connectivity index (χ1n) is 8.70. The highest BCUT2D eigenvalue weighted by molar-refractivity contribution is 5.94. The molecular weight excluding hydrogens is 316 g/mol. The van der Waals surface area contributed by atoms with Crippen LogP contribution in [0.1, 0.15) is 28.8 Å². The van der Waals surface area contributed by atoms with E-state index in [1.54, 1.807) is 12.4 Å². The van der Waals surface area contributed by atoms with Gasteiger partial charge in [-0.2, -0.15) is 0 Å². The van der Waals surface area contributed by atoms with E-state index in [1.807, 2.05) is 48.2 Å². The first-order chi connectivity index (χ1) is 12.1. The lowest BCUT2D eigenvalue weighted by Crippen LogP contribution is -2.36. The Labute approximate surface area is 147 Å². The summed E-state index contributed by atoms with van der Waals surface area (Å²) in [5.74, 6) is 0.847. The van der Waals surface area contributed by atoms with Crippen LogP contribution < -0.4 is 4.74 Å². The molecule has 1 amide bonds. The van der Waals surface area contributed by atoms with E-state index >= 15 is 0 Å². The predicted octanol–water partition coefficient (Wildman–Crippen LogP) is 2.84. The fraction of sp³-hybridized carbons (Fsp3) is 0.400. The zero-order valence-corrected chi connectivity index (χ0v) is 14.4. The Balaban J connectivity index is 1.39. The minimum atomic E-state index is -0.271. The molecule has 2 atom stereocenters. The molecule has 3 heterocycles. The standard InChI is InChI=1S/C20H22N2O3/c1-15-4-2-5-16(10-15)19(23)22-9-7-20(14-22)11-18(13-24-20)25-17-6-3-8-21-12-17/h2-6,8,10,12,18H,7,9,11,13-14H2,1H3/t18-,20-/m0/s1. The van der Waals surface area contributed by atoms with Crippen molar-refractivity contribution >= 4 is 5.91 Å². The number of rotatable bonds is 3. The Morgan fingerprint density at radius 3 is 3.08 bits per heavy atom. The summed E-state index contributed by atoms with van der Waals surface area (Å²) in [5.41, 5.74) is 1.58. The van der Waals surface area contributed by atoms with E-state index in [4.69, 9.17) is 9.47 Å². The maximum Gasteiger partial charge on any atom is 0.253 e. The van der Waals surface area contributed by atoms with Crippen molar-refractivity contribution < 1.29 is 14.3 Å². The summed E-state index contributed by atoms with van der Waals surface area (Å²) in [6.45, 7) is 3.92. The third-order valence-electron chi connectivity index (χ3n) is 4.98. The molecule has 2 saturated heterocycles. The summed E-state index contributed by atoms with van der Waals surface area (Å²) in [6.07, 6.45) is 5.12. The Hall–Kier alpha value is -2.40. The van der Waals surface area contributed by atoms with E-state index < -0.39 is 0 Å². The van der Waals surface area contributed by atoms with Gasteiger partial charge in [-0.05, 0) is 37.6 Å². The second kappa shape index (κ2) is 6.48. The predicted molar refractivity (Wildman–Crippen MR) is 93.7 cm³/mol. The van der Waals surface area contributed by atoms with Crippen molar-refractivity contribution in [3.8, 4) is 5.75 Å². The van der Waals surface area contributed by atoms with Crippen LogP contribution in [0.25, 0.3) is 0 Å². The van der Waals surface area contributed by atoms with Crippen molar-refractivity contribution in [2.45, 2.75) is 31.5 Å². The van der Waals surface area contributed by atoms with Gasteiger partial charge in [0.05, 0.1) is 24.9 Å². The normalized spacial score (nSPS) is 25.5. The fourth-order valence-corrected chi connectivity index (χ4v) is 3.75. The average Bonchev–Trinajstić information content (AvgIpc) is 3.22. The van der Waals surface area contributed by atoms with E-state index in [2.05, 4.69) is 4.98 Å². The van der Waals surface area contributed by atoms with Crippen molar-refractivity contribution in [3.63, 3.8) is 0 Å². The van der Waals surface area contributed by atoms with Gasteiger partial charge in [-0.1, -0.05) is 17.7 Å². The molecule has 0 radical (unpaired) electrons. The number of aromatic nitrogens is 1. The number of pyridine rings is 1. The van der Waals surface area contributed by atoms with Crippen LogP contribution in [-0.2, 0) is 4.74 Å². The van der Waals surface area contributed by atoms with E-state index in [0.29, 0.717) is 13.2 Å². The average molecular weight is 338 g/mol. The SMILES string of the molecule is Cc1cccc(C(=O)N2CC[C@]3(C[C@H](Oc4cccnc4)CO3)C2)c1. The summed E-state index contributed by atoms with van der Waals surface area (Å²) >= 11 is 0. The van der Waals surface area contributed by atoms with Gasteiger partial charge < -0.3 is 14.4 Å². The van der Waals surface area contributed by atoms with Crippen LogP contribution in [0.3, 0.4) is 0 Å². The van der Waals surface area contributed by atoms with Gasteiger partial charge in [0.15, 0.2) is 0 Å². The highest BCUT2D eigenvalue weighted by Crippen LogP contribution is 2.37. The molecule has 2 aromatic rings. The minimum Gasteiger partial charge on any atom is -0.486 e. The van der Waals surface area contributed by atoms with Gasteiger partial charge >= 0.3 is 0 Å². The lowest BCUT2D eigenvalue weighted by atomic mass is 9.98. The summed E-state index contributed by atoms with van der Waals surface area (Å²) < 4.78 is 12.1. The second-order valence-corrected chi connectivity index (χ2v) is 6.97. The molecule has 0 saturated carbocycles. The number of aryl methyl sites for hydroxylation is 1. The maximum atomic E-state index is 12.7. The van der Waals surface area contributed by atoms with E-state index in [1.165, 1.54) is 0 Å². The largest absolute Gasteiger partial charge is 0.486 e. The Kier molecular flexibility index (Phi) is 4.17. The summed E-state index contributed by atoms with van der Waals surface area (Å²) in [6, 6.07) is 11.5. The quantitative estimate of drug-likeness (QED) is 0.863. The lowest BCUT2D eigenvalue weighted by molar-refractivity contribution is 0.00995. The monoisotopic (exact) mass is 338 g/mol. The van der Waals surface area contributed by atoms with Crippen molar-refractivity contribution in [3.05, 3.63) is 59.9 Å². The molecule has 0 bridgehead atoms. The molecule has 130 valence electrons. The molecule has 0 aliphatic carbocycles. The highest BCUT2D eigenvalue weighted by atomic mass is 16.6. The number of hydrogen-bond donors (Lipinski definition) is 0. The summed E-state index contributed by atoms with van der Waals surface area (Å²) in [5, 5.41) is 0. The number of hydrogen-bond acceptors (Lipinski definition) is 4. The molecule has 0 N–H and O–H groups in total. The van der Waals surface area contributed by atoms with Crippen molar-refractivity contribution in [2.75, 3.05) is 19.7 Å². The molecular formula is C20H22N2O3. The van der Waals surface area contributed by atoms with E-state index in [9.17, 15) is 4.79 Å². The third-order valence-corrected chi connectivity index (χ3v) is 4.98. The molecule has 1 spiro atoms. The molecule has 2 fully saturated rings. The number of nitrogens with zero attached hydrogens (tertiary/aromatic N) is 2. The number of ether oxygens (including phenoxy) is 2. The van der Waals surface area contributed by atoms with Gasteiger partial charge in [-0.25, -0.2) is 0 Å². The van der Waals surface area contributed by atoms with E-state index in [-0.39, 0.29) is 17.6 Å². The Morgan fingerprint density at radius 1 is 1.36 bits per heavy atom. The van der Waals surface area contributed by atoms with Gasteiger partial charge in [0.2, 0.25) is 0 Å². The molecule has 0 unspecified atom stereocenters. The number of carbonyl (C=O) groups is 1. The van der Waals surface area contributed by atoms with Crippen molar-refractivity contribution in [1.82, 2.24) is 9.88 Å². The van der Waals surface area contributed by atoms with Gasteiger partial charge in [0, 0.05) is 24.7 Å². The lowest BCUT2D eigenvalue weighted by Gasteiger charge is -2.23. The molecule has 2 aliphatic heterocycles. The number of amides is 1. The van der Waals surface area contributed by atoms with Gasteiger partial charge in [-0.3, -0.25) is 9.78 Å². The van der Waals surface area contributed by atoms with Crippen molar-refractivity contribution in [2.24, 2.45) is 0 Å². The smallest absolute Gasteiger partial charge is 0.253 e. The van der Waals surface area contributed by atoms with Crippen molar-refractivity contribution in [1.29, 1.82) is 0 Å². The second-order valence-electron chi connectivity index (χ2n) is 6.97. The van der Waals surface area contributed by atoms with E-state index in [0.717, 1.165) is 36.3 Å². The van der Waals surface area contributed by atoms with Crippen LogP contribution in [0.4, 0.5) is 0 Å². The zero-order chi connectivity index (χ0) is 17.3. The molecule has 2 aliphatic rings. The van der Waals surface area contributed by atoms with Crippen LogP contribution in [-0.4, -0.2) is 47.2 Å². The summed E-state index contributed by atoms with van der Waals surface area (Å²) in [4.78, 5) is 18.7. The Morgan fingerprint density at radius 2 is 2.28 bits per heavy atom. The number of likely N-dealkylation sites (tertiary alicyclic amines) is 1. The molecule has 5 heteroatoms. The zero-order valence-electron chi connectivity index (χ0n) is 14.4. The Bertz CT molecular complexity index is 765. The number of benzene rings is 1. The van der Waals surface area contributed by atoms with Crippen LogP contribution in [0.15, 0.2) is 48.8 Å². The first kappa shape index (κ1) is 16.1. The summed E-state index contributed by atoms with van der Waals surface area (Å²) in [7, 11) is 0. The van der Waals surface area contributed by atoms with Gasteiger partial charge in [-0.15, -0.1) is 0 Å².